The number of benzene rings is 1. The molecule has 4 rings (SSSR count). The number of aromatic nitrogens is 2. The lowest BCUT2D eigenvalue weighted by molar-refractivity contribution is 0.156. The minimum atomic E-state index is 0. The minimum absolute atomic E-state index is 0. The highest BCUT2D eigenvalue weighted by Crippen LogP contribution is 2.38. The molecular weight excluding hydrogens is 465 g/mol. The van der Waals surface area contributed by atoms with Gasteiger partial charge in [-0.1, -0.05) is 12.1 Å². The average molecular weight is 497 g/mol. The summed E-state index contributed by atoms with van der Waals surface area (Å²) < 4.78 is 7.96. The van der Waals surface area contributed by atoms with E-state index in [0.29, 0.717) is 5.41 Å². The Morgan fingerprint density at radius 3 is 2.96 bits per heavy atom. The first kappa shape index (κ1) is 21.4. The van der Waals surface area contributed by atoms with Crippen molar-refractivity contribution in [2.45, 2.75) is 39.7 Å². The summed E-state index contributed by atoms with van der Waals surface area (Å²) in [6.07, 6.45) is 3.42. The van der Waals surface area contributed by atoms with Crippen LogP contribution >= 0.6 is 24.0 Å². The number of aryl methyl sites for hydroxylation is 2. The van der Waals surface area contributed by atoms with Crippen LogP contribution in [0.15, 0.2) is 29.3 Å². The van der Waals surface area contributed by atoms with E-state index in [9.17, 15) is 0 Å². The van der Waals surface area contributed by atoms with Gasteiger partial charge in [0.25, 0.3) is 0 Å². The van der Waals surface area contributed by atoms with Gasteiger partial charge in [-0.3, -0.25) is 4.99 Å². The average Bonchev–Trinajstić information content (AvgIpc) is 3.38. The van der Waals surface area contributed by atoms with Crippen molar-refractivity contribution in [1.29, 1.82) is 0 Å². The molecule has 154 valence electrons. The molecule has 2 fully saturated rings. The zero-order valence-electron chi connectivity index (χ0n) is 17.0. The molecule has 3 heterocycles. The highest BCUT2D eigenvalue weighted by molar-refractivity contribution is 14.0. The zero-order valence-corrected chi connectivity index (χ0v) is 19.3. The number of hydrogen-bond acceptors (Lipinski definition) is 3. The summed E-state index contributed by atoms with van der Waals surface area (Å²) in [7, 11) is 0. The monoisotopic (exact) mass is 497 g/mol. The number of likely N-dealkylation sites (tertiary alicyclic amines) is 1. The predicted molar refractivity (Wildman–Crippen MR) is 125 cm³/mol. The second-order valence-electron chi connectivity index (χ2n) is 7.86. The van der Waals surface area contributed by atoms with E-state index in [1.165, 1.54) is 18.4 Å². The molecule has 0 radical (unpaired) electrons. The number of nitrogens with one attached hydrogen (secondary N) is 1. The van der Waals surface area contributed by atoms with Crippen molar-refractivity contribution in [3.05, 3.63) is 30.1 Å². The predicted octanol–water partition coefficient (Wildman–Crippen LogP) is 3.43. The number of imidazole rings is 1. The number of guanidine groups is 1. The summed E-state index contributed by atoms with van der Waals surface area (Å²) in [5.74, 6) is 2.14. The maximum absolute atomic E-state index is 5.66. The van der Waals surface area contributed by atoms with Crippen molar-refractivity contribution < 1.29 is 4.74 Å². The summed E-state index contributed by atoms with van der Waals surface area (Å²) >= 11 is 0. The molecule has 1 atom stereocenters. The molecule has 0 bridgehead atoms. The molecule has 0 amide bonds. The summed E-state index contributed by atoms with van der Waals surface area (Å²) in [5, 5.41) is 3.48. The van der Waals surface area contributed by atoms with Crippen LogP contribution in [0.2, 0.25) is 0 Å². The van der Waals surface area contributed by atoms with E-state index in [0.717, 1.165) is 69.7 Å². The number of nitrogens with zero attached hydrogens (tertiary/aromatic N) is 4. The Hall–Kier alpha value is -1.35. The van der Waals surface area contributed by atoms with Gasteiger partial charge in [0.1, 0.15) is 5.82 Å². The van der Waals surface area contributed by atoms with Gasteiger partial charge < -0.3 is 19.5 Å². The normalized spacial score (nSPS) is 22.2. The van der Waals surface area contributed by atoms with Gasteiger partial charge in [0, 0.05) is 44.7 Å². The summed E-state index contributed by atoms with van der Waals surface area (Å²) in [4.78, 5) is 12.0. The molecule has 0 aliphatic carbocycles. The summed E-state index contributed by atoms with van der Waals surface area (Å²) in [5.41, 5.74) is 2.66. The Labute approximate surface area is 184 Å². The van der Waals surface area contributed by atoms with Gasteiger partial charge in [0.2, 0.25) is 0 Å². The van der Waals surface area contributed by atoms with E-state index in [1.54, 1.807) is 0 Å². The van der Waals surface area contributed by atoms with Crippen molar-refractivity contribution >= 4 is 41.0 Å². The molecule has 2 aliphatic heterocycles. The molecule has 1 aromatic carbocycles. The summed E-state index contributed by atoms with van der Waals surface area (Å²) in [6.45, 7) is 10.9. The molecule has 7 heteroatoms. The molecule has 1 unspecified atom stereocenters. The van der Waals surface area contributed by atoms with E-state index in [1.807, 2.05) is 6.07 Å². The van der Waals surface area contributed by atoms with Gasteiger partial charge in [-0.05, 0) is 45.2 Å². The Morgan fingerprint density at radius 1 is 1.32 bits per heavy atom. The van der Waals surface area contributed by atoms with Crippen LogP contribution in [0, 0.1) is 12.3 Å². The number of fused-ring (bicyclic) bond motifs is 1. The van der Waals surface area contributed by atoms with E-state index in [-0.39, 0.29) is 24.0 Å². The molecule has 28 heavy (non-hydrogen) atoms. The molecule has 1 N–H and O–H groups in total. The quantitative estimate of drug-likeness (QED) is 0.298. The number of halogens is 1. The SMILES string of the molecule is CCNC(=NCCCn1c(C)nc2ccccc21)N1CCC2(CCOC2)C1.I. The third-order valence-corrected chi connectivity index (χ3v) is 5.90. The first-order valence-electron chi connectivity index (χ1n) is 10.2. The number of ether oxygens (including phenoxy) is 1. The minimum Gasteiger partial charge on any atom is -0.381 e. The van der Waals surface area contributed by atoms with Gasteiger partial charge >= 0.3 is 0 Å². The van der Waals surface area contributed by atoms with Crippen LogP contribution in [0.4, 0.5) is 0 Å². The number of hydrogen-bond donors (Lipinski definition) is 1. The topological polar surface area (TPSA) is 54.7 Å². The fourth-order valence-corrected chi connectivity index (χ4v) is 4.41. The fourth-order valence-electron chi connectivity index (χ4n) is 4.41. The highest BCUT2D eigenvalue weighted by atomic mass is 127. The highest BCUT2D eigenvalue weighted by Gasteiger charge is 2.42. The maximum Gasteiger partial charge on any atom is 0.193 e. The largest absolute Gasteiger partial charge is 0.381 e. The Kier molecular flexibility index (Phi) is 7.20. The molecule has 1 spiro atoms. The lowest BCUT2D eigenvalue weighted by atomic mass is 9.87. The van der Waals surface area contributed by atoms with E-state index in [2.05, 4.69) is 51.8 Å². The Bertz CT molecular complexity index is 812. The molecule has 1 aromatic heterocycles. The Balaban J connectivity index is 0.00000225. The van der Waals surface area contributed by atoms with Crippen molar-refractivity contribution in [2.75, 3.05) is 39.4 Å². The number of para-hydroxylation sites is 2. The second-order valence-corrected chi connectivity index (χ2v) is 7.86. The van der Waals surface area contributed by atoms with Gasteiger partial charge in [-0.15, -0.1) is 24.0 Å². The standard InChI is InChI=1S/C21H31N5O.HI/c1-3-22-20(25-13-9-21(15-25)10-14-27-16-21)23-11-6-12-26-17(2)24-18-7-4-5-8-19(18)26;/h4-5,7-8H,3,6,9-16H2,1-2H3,(H,22,23);1H. The van der Waals surface area contributed by atoms with Gasteiger partial charge in [0.05, 0.1) is 17.6 Å². The number of aliphatic imine (C=N–C) groups is 1. The van der Waals surface area contributed by atoms with Crippen LogP contribution in [0.3, 0.4) is 0 Å². The van der Waals surface area contributed by atoms with Crippen LogP contribution in [0.5, 0.6) is 0 Å². The Morgan fingerprint density at radius 2 is 2.18 bits per heavy atom. The van der Waals surface area contributed by atoms with Gasteiger partial charge in [-0.2, -0.15) is 0 Å². The van der Waals surface area contributed by atoms with Crippen LogP contribution in [0.1, 0.15) is 32.0 Å². The fraction of sp³-hybridized carbons (Fsp3) is 0.619. The third-order valence-electron chi connectivity index (χ3n) is 5.90. The molecular formula is C21H32IN5O. The third kappa shape index (κ3) is 4.45. The van der Waals surface area contributed by atoms with Crippen LogP contribution in [-0.2, 0) is 11.3 Å². The molecule has 2 aliphatic rings. The molecule has 2 aromatic rings. The maximum atomic E-state index is 5.66. The van der Waals surface area contributed by atoms with Crippen molar-refractivity contribution in [3.63, 3.8) is 0 Å². The first-order valence-corrected chi connectivity index (χ1v) is 10.2. The lowest BCUT2D eigenvalue weighted by Gasteiger charge is -2.25. The smallest absolute Gasteiger partial charge is 0.193 e. The number of rotatable bonds is 5. The van der Waals surface area contributed by atoms with Crippen LogP contribution in [-0.4, -0.2) is 59.8 Å². The van der Waals surface area contributed by atoms with E-state index in [4.69, 9.17) is 9.73 Å². The second kappa shape index (κ2) is 9.43. The van der Waals surface area contributed by atoms with Crippen LogP contribution < -0.4 is 5.32 Å². The van der Waals surface area contributed by atoms with Gasteiger partial charge in [0.15, 0.2) is 5.96 Å². The van der Waals surface area contributed by atoms with E-state index < -0.39 is 0 Å². The first-order chi connectivity index (χ1) is 13.2. The van der Waals surface area contributed by atoms with Crippen molar-refractivity contribution in [3.8, 4) is 0 Å². The zero-order chi connectivity index (χ0) is 18.7. The lowest BCUT2D eigenvalue weighted by Crippen LogP contribution is -2.41. The van der Waals surface area contributed by atoms with E-state index >= 15 is 0 Å². The van der Waals surface area contributed by atoms with Crippen molar-refractivity contribution in [1.82, 2.24) is 19.8 Å². The van der Waals surface area contributed by atoms with Gasteiger partial charge in [-0.25, -0.2) is 4.98 Å². The van der Waals surface area contributed by atoms with Crippen molar-refractivity contribution in [2.24, 2.45) is 10.4 Å². The molecule has 0 saturated carbocycles. The molecule has 2 saturated heterocycles. The summed E-state index contributed by atoms with van der Waals surface area (Å²) in [6, 6.07) is 8.36. The van der Waals surface area contributed by atoms with Crippen LogP contribution in [0.25, 0.3) is 11.0 Å². The molecule has 6 nitrogen and oxygen atoms in total.